The van der Waals surface area contributed by atoms with Crippen molar-refractivity contribution in [2.24, 2.45) is 4.99 Å². The summed E-state index contributed by atoms with van der Waals surface area (Å²) >= 11 is 4.68. The van der Waals surface area contributed by atoms with Crippen LogP contribution in [0, 0.1) is 10.1 Å². The van der Waals surface area contributed by atoms with Gasteiger partial charge >= 0.3 is 0 Å². The summed E-state index contributed by atoms with van der Waals surface area (Å²) in [5.74, 6) is 0.850. The molecular formula is C25H20BrN3O5S. The molecule has 0 aliphatic carbocycles. The van der Waals surface area contributed by atoms with E-state index in [0.29, 0.717) is 28.2 Å². The molecule has 8 nitrogen and oxygen atoms in total. The number of hydrogen-bond acceptors (Lipinski definition) is 7. The number of benzene rings is 3. The van der Waals surface area contributed by atoms with E-state index in [4.69, 9.17) is 9.47 Å². The summed E-state index contributed by atoms with van der Waals surface area (Å²) in [5.41, 5.74) is 2.33. The Hall–Kier alpha value is -3.63. The quantitative estimate of drug-likeness (QED) is 0.201. The van der Waals surface area contributed by atoms with Crippen molar-refractivity contribution in [2.45, 2.75) is 13.5 Å². The van der Waals surface area contributed by atoms with Crippen LogP contribution in [0.15, 0.2) is 81.1 Å². The lowest BCUT2D eigenvalue weighted by molar-refractivity contribution is -0.384. The number of carbonyl (C=O) groups excluding carboxylic acids is 1. The minimum Gasteiger partial charge on any atom is -0.490 e. The zero-order chi connectivity index (χ0) is 24.8. The summed E-state index contributed by atoms with van der Waals surface area (Å²) in [6, 6.07) is 19.1. The summed E-state index contributed by atoms with van der Waals surface area (Å²) in [7, 11) is 0. The van der Waals surface area contributed by atoms with Crippen LogP contribution in [0.2, 0.25) is 0 Å². The van der Waals surface area contributed by atoms with Crippen LogP contribution in [0.5, 0.6) is 11.5 Å². The van der Waals surface area contributed by atoms with Crippen molar-refractivity contribution < 1.29 is 19.2 Å². The second-order valence-electron chi connectivity index (χ2n) is 7.31. The van der Waals surface area contributed by atoms with E-state index in [1.165, 1.54) is 23.9 Å². The smallest absolute Gasteiger partial charge is 0.269 e. The number of amides is 1. The van der Waals surface area contributed by atoms with Gasteiger partial charge in [0, 0.05) is 16.6 Å². The van der Waals surface area contributed by atoms with Gasteiger partial charge in [-0.15, -0.1) is 0 Å². The summed E-state index contributed by atoms with van der Waals surface area (Å²) in [4.78, 5) is 27.8. The highest BCUT2D eigenvalue weighted by Gasteiger charge is 2.24. The van der Waals surface area contributed by atoms with Gasteiger partial charge in [-0.25, -0.2) is 4.99 Å². The number of thioether (sulfide) groups is 1. The number of ether oxygens (including phenoxy) is 2. The maximum atomic E-state index is 12.5. The van der Waals surface area contributed by atoms with Crippen LogP contribution in [0.4, 0.5) is 11.4 Å². The van der Waals surface area contributed by atoms with Gasteiger partial charge in [0.25, 0.3) is 11.6 Å². The second-order valence-corrected chi connectivity index (χ2v) is 9.26. The van der Waals surface area contributed by atoms with E-state index in [0.717, 1.165) is 21.3 Å². The number of carbonyl (C=O) groups is 1. The Kier molecular flexibility index (Phi) is 7.84. The van der Waals surface area contributed by atoms with Crippen molar-refractivity contribution in [1.29, 1.82) is 0 Å². The van der Waals surface area contributed by atoms with E-state index in [1.807, 2.05) is 37.3 Å². The molecule has 1 N–H and O–H groups in total. The fourth-order valence-electron chi connectivity index (χ4n) is 3.17. The average Bonchev–Trinajstić information content (AvgIpc) is 3.17. The van der Waals surface area contributed by atoms with E-state index in [-0.39, 0.29) is 18.2 Å². The Morgan fingerprint density at radius 2 is 1.89 bits per heavy atom. The van der Waals surface area contributed by atoms with Crippen molar-refractivity contribution >= 4 is 56.2 Å². The van der Waals surface area contributed by atoms with Gasteiger partial charge in [-0.05, 0) is 78.4 Å². The minimum atomic E-state index is -0.441. The van der Waals surface area contributed by atoms with Crippen LogP contribution in [-0.4, -0.2) is 22.6 Å². The molecule has 1 fully saturated rings. The third-order valence-corrected chi connectivity index (χ3v) is 6.20. The van der Waals surface area contributed by atoms with Crippen molar-refractivity contribution in [3.63, 3.8) is 0 Å². The number of rotatable bonds is 8. The van der Waals surface area contributed by atoms with Crippen LogP contribution in [0.1, 0.15) is 18.1 Å². The SMILES string of the molecule is CCOc1cc(C=C2SC(=Nc3cccc(Br)c3)NC2=O)ccc1OCc1ccc([N+](=O)[O-])cc1. The molecule has 1 heterocycles. The Morgan fingerprint density at radius 1 is 1.09 bits per heavy atom. The molecule has 3 aromatic rings. The van der Waals surface area contributed by atoms with Crippen molar-refractivity contribution in [3.05, 3.63) is 97.3 Å². The Labute approximate surface area is 214 Å². The van der Waals surface area contributed by atoms with E-state index in [9.17, 15) is 14.9 Å². The van der Waals surface area contributed by atoms with Crippen molar-refractivity contribution in [2.75, 3.05) is 6.61 Å². The monoisotopic (exact) mass is 553 g/mol. The van der Waals surface area contributed by atoms with Gasteiger partial charge in [-0.2, -0.15) is 0 Å². The van der Waals surface area contributed by atoms with E-state index in [2.05, 4.69) is 26.2 Å². The molecule has 1 aliphatic rings. The molecule has 1 aliphatic heterocycles. The van der Waals surface area contributed by atoms with Crippen LogP contribution < -0.4 is 14.8 Å². The largest absolute Gasteiger partial charge is 0.490 e. The number of nitro benzene ring substituents is 1. The van der Waals surface area contributed by atoms with Crippen molar-refractivity contribution in [3.8, 4) is 11.5 Å². The number of non-ortho nitro benzene ring substituents is 1. The third kappa shape index (κ3) is 6.49. The minimum absolute atomic E-state index is 0.0276. The lowest BCUT2D eigenvalue weighted by Crippen LogP contribution is -2.19. The number of amidine groups is 1. The first-order chi connectivity index (χ1) is 16.9. The highest BCUT2D eigenvalue weighted by Crippen LogP contribution is 2.33. The first-order valence-corrected chi connectivity index (χ1v) is 12.2. The summed E-state index contributed by atoms with van der Waals surface area (Å²) in [6.45, 7) is 2.54. The Bertz CT molecular complexity index is 1320. The predicted molar refractivity (Wildman–Crippen MR) is 140 cm³/mol. The first-order valence-electron chi connectivity index (χ1n) is 10.6. The maximum Gasteiger partial charge on any atom is 0.269 e. The van der Waals surface area contributed by atoms with Gasteiger partial charge in [0.15, 0.2) is 16.7 Å². The molecule has 10 heteroatoms. The third-order valence-electron chi connectivity index (χ3n) is 4.80. The molecular weight excluding hydrogens is 534 g/mol. The zero-order valence-electron chi connectivity index (χ0n) is 18.6. The van der Waals surface area contributed by atoms with Gasteiger partial charge in [-0.3, -0.25) is 14.9 Å². The van der Waals surface area contributed by atoms with Crippen molar-refractivity contribution in [1.82, 2.24) is 5.32 Å². The first kappa shape index (κ1) is 24.5. The Balaban J connectivity index is 1.48. The van der Waals surface area contributed by atoms with Gasteiger partial charge in [-0.1, -0.05) is 28.1 Å². The fourth-order valence-corrected chi connectivity index (χ4v) is 4.40. The molecule has 0 radical (unpaired) electrons. The normalized spacial score (nSPS) is 15.3. The number of nitrogens with zero attached hydrogens (tertiary/aromatic N) is 2. The highest BCUT2D eigenvalue weighted by molar-refractivity contribution is 9.10. The van der Waals surface area contributed by atoms with E-state index < -0.39 is 4.92 Å². The summed E-state index contributed by atoms with van der Waals surface area (Å²) in [5, 5.41) is 14.1. The van der Waals surface area contributed by atoms with Gasteiger partial charge in [0.05, 0.1) is 22.1 Å². The van der Waals surface area contributed by atoms with Crippen LogP contribution >= 0.6 is 27.7 Å². The molecule has 178 valence electrons. The molecule has 0 bridgehead atoms. The molecule has 4 rings (SSSR count). The molecule has 0 unspecified atom stereocenters. The highest BCUT2D eigenvalue weighted by atomic mass is 79.9. The number of aliphatic imine (C=N–C) groups is 1. The average molecular weight is 554 g/mol. The number of halogens is 1. The lowest BCUT2D eigenvalue weighted by Gasteiger charge is -2.13. The molecule has 3 aromatic carbocycles. The zero-order valence-corrected chi connectivity index (χ0v) is 21.0. The van der Waals surface area contributed by atoms with Crippen LogP contribution in [0.3, 0.4) is 0 Å². The topological polar surface area (TPSA) is 103 Å². The predicted octanol–water partition coefficient (Wildman–Crippen LogP) is 6.23. The molecule has 1 amide bonds. The maximum absolute atomic E-state index is 12.5. The standard InChI is InChI=1S/C25H20BrN3O5S/c1-2-33-22-12-17(8-11-21(22)34-15-16-6-9-20(10-7-16)29(31)32)13-23-24(30)28-25(35-23)27-19-5-3-4-18(26)14-19/h3-14H,2,15H2,1H3,(H,27,28,30). The van der Waals surface area contributed by atoms with Crippen LogP contribution in [-0.2, 0) is 11.4 Å². The summed E-state index contributed by atoms with van der Waals surface area (Å²) in [6.07, 6.45) is 1.77. The Morgan fingerprint density at radius 3 is 2.60 bits per heavy atom. The molecule has 0 aromatic heterocycles. The molecule has 0 saturated carbocycles. The van der Waals surface area contributed by atoms with E-state index >= 15 is 0 Å². The lowest BCUT2D eigenvalue weighted by atomic mass is 10.1. The van der Waals surface area contributed by atoms with E-state index in [1.54, 1.807) is 30.3 Å². The molecule has 0 atom stereocenters. The molecule has 35 heavy (non-hydrogen) atoms. The number of nitro groups is 1. The summed E-state index contributed by atoms with van der Waals surface area (Å²) < 4.78 is 12.5. The number of hydrogen-bond donors (Lipinski definition) is 1. The van der Waals surface area contributed by atoms with Gasteiger partial charge in [0.2, 0.25) is 0 Å². The fraction of sp³-hybridized carbons (Fsp3) is 0.120. The van der Waals surface area contributed by atoms with Gasteiger partial charge in [0.1, 0.15) is 6.61 Å². The molecule has 0 spiro atoms. The molecule has 1 saturated heterocycles. The van der Waals surface area contributed by atoms with Crippen LogP contribution in [0.25, 0.3) is 6.08 Å². The number of nitrogens with one attached hydrogen (secondary N) is 1. The van der Waals surface area contributed by atoms with Gasteiger partial charge < -0.3 is 14.8 Å². The second kappa shape index (κ2) is 11.2.